The summed E-state index contributed by atoms with van der Waals surface area (Å²) in [6.07, 6.45) is 3.90. The summed E-state index contributed by atoms with van der Waals surface area (Å²) in [5, 5.41) is 3.56. The zero-order valence-corrected chi connectivity index (χ0v) is 13.6. The Kier molecular flexibility index (Phi) is 4.74. The molecule has 20 heavy (non-hydrogen) atoms. The second-order valence-corrected chi connectivity index (χ2v) is 6.84. The molecule has 0 aromatic heterocycles. The van der Waals surface area contributed by atoms with E-state index in [1.54, 1.807) is 7.11 Å². The Morgan fingerprint density at radius 2 is 1.90 bits per heavy atom. The van der Waals surface area contributed by atoms with E-state index in [4.69, 9.17) is 4.74 Å². The van der Waals surface area contributed by atoms with Gasteiger partial charge in [0.15, 0.2) is 0 Å². The quantitative estimate of drug-likeness (QED) is 0.897. The first-order chi connectivity index (χ1) is 9.50. The van der Waals surface area contributed by atoms with Crippen molar-refractivity contribution >= 4 is 0 Å². The molecule has 3 atom stereocenters. The van der Waals surface area contributed by atoms with Gasteiger partial charge in [0.05, 0.1) is 7.11 Å². The molecule has 1 aliphatic rings. The molecule has 1 aromatic rings. The van der Waals surface area contributed by atoms with Crippen molar-refractivity contribution in [2.75, 3.05) is 14.2 Å². The highest BCUT2D eigenvalue weighted by atomic mass is 16.5. The van der Waals surface area contributed by atoms with E-state index in [0.717, 1.165) is 11.7 Å². The summed E-state index contributed by atoms with van der Waals surface area (Å²) in [5.74, 6) is 2.50. The van der Waals surface area contributed by atoms with Crippen LogP contribution in [0.1, 0.15) is 45.6 Å². The summed E-state index contributed by atoms with van der Waals surface area (Å²) in [6, 6.07) is 9.08. The lowest BCUT2D eigenvalue weighted by atomic mass is 9.63. The van der Waals surface area contributed by atoms with Crippen molar-refractivity contribution in [3.05, 3.63) is 29.8 Å². The third kappa shape index (κ3) is 2.85. The summed E-state index contributed by atoms with van der Waals surface area (Å²) in [5.41, 5.74) is 1.46. The van der Waals surface area contributed by atoms with E-state index in [2.05, 4.69) is 57.4 Å². The first-order valence-electron chi connectivity index (χ1n) is 7.81. The molecule has 0 amide bonds. The molecule has 1 saturated carbocycles. The number of hydrogen-bond acceptors (Lipinski definition) is 2. The van der Waals surface area contributed by atoms with Gasteiger partial charge in [0.2, 0.25) is 0 Å². The fourth-order valence-corrected chi connectivity index (χ4v) is 3.94. The van der Waals surface area contributed by atoms with Crippen LogP contribution in [0, 0.1) is 11.8 Å². The molecule has 2 rings (SSSR count). The third-order valence-corrected chi connectivity index (χ3v) is 5.21. The molecule has 1 aromatic carbocycles. The highest BCUT2D eigenvalue weighted by Crippen LogP contribution is 2.44. The molecule has 3 unspecified atom stereocenters. The van der Waals surface area contributed by atoms with Crippen LogP contribution in [-0.4, -0.2) is 20.2 Å². The zero-order valence-electron chi connectivity index (χ0n) is 13.6. The van der Waals surface area contributed by atoms with E-state index in [0.29, 0.717) is 12.0 Å². The maximum Gasteiger partial charge on any atom is 0.122 e. The van der Waals surface area contributed by atoms with Crippen molar-refractivity contribution in [1.82, 2.24) is 5.32 Å². The first kappa shape index (κ1) is 15.4. The minimum atomic E-state index is 0.125. The number of nitrogens with one attached hydrogen (secondary N) is 1. The van der Waals surface area contributed by atoms with Crippen LogP contribution in [0.3, 0.4) is 0 Å². The molecule has 1 fully saturated rings. The Labute approximate surface area is 123 Å². The normalized spacial score (nSPS) is 27.4. The minimum absolute atomic E-state index is 0.125. The smallest absolute Gasteiger partial charge is 0.122 e. The van der Waals surface area contributed by atoms with Crippen molar-refractivity contribution in [3.8, 4) is 5.75 Å². The van der Waals surface area contributed by atoms with Crippen LogP contribution in [-0.2, 0) is 5.41 Å². The van der Waals surface area contributed by atoms with Crippen LogP contribution in [0.15, 0.2) is 24.3 Å². The zero-order chi connectivity index (χ0) is 14.8. The van der Waals surface area contributed by atoms with Gasteiger partial charge >= 0.3 is 0 Å². The SMILES string of the molecule is CNC1CC(C)CCC1C(C)(C)c1ccccc1OC. The first-order valence-corrected chi connectivity index (χ1v) is 7.81. The molecule has 0 aliphatic heterocycles. The molecule has 0 bridgehead atoms. The van der Waals surface area contributed by atoms with Crippen LogP contribution < -0.4 is 10.1 Å². The van der Waals surface area contributed by atoms with Gasteiger partial charge in [-0.3, -0.25) is 0 Å². The van der Waals surface area contributed by atoms with Gasteiger partial charge in [-0.1, -0.05) is 45.4 Å². The fourth-order valence-electron chi connectivity index (χ4n) is 3.94. The number of methoxy groups -OCH3 is 1. The number of para-hydroxylation sites is 1. The number of rotatable bonds is 4. The van der Waals surface area contributed by atoms with Crippen molar-refractivity contribution in [1.29, 1.82) is 0 Å². The van der Waals surface area contributed by atoms with Crippen LogP contribution >= 0.6 is 0 Å². The lowest BCUT2D eigenvalue weighted by molar-refractivity contribution is 0.149. The second-order valence-electron chi connectivity index (χ2n) is 6.84. The molecule has 1 aliphatic carbocycles. The molecule has 2 nitrogen and oxygen atoms in total. The Hall–Kier alpha value is -1.02. The molecule has 2 heteroatoms. The van der Waals surface area contributed by atoms with Gasteiger partial charge in [-0.2, -0.15) is 0 Å². The van der Waals surface area contributed by atoms with E-state index < -0.39 is 0 Å². The molecule has 1 N–H and O–H groups in total. The molecule has 0 radical (unpaired) electrons. The molecule has 0 spiro atoms. The number of hydrogen-bond donors (Lipinski definition) is 1. The van der Waals surface area contributed by atoms with Gasteiger partial charge in [0.25, 0.3) is 0 Å². The number of ether oxygens (including phenoxy) is 1. The van der Waals surface area contributed by atoms with Gasteiger partial charge in [0.1, 0.15) is 5.75 Å². The Morgan fingerprint density at radius 1 is 1.20 bits per heavy atom. The standard InChI is InChI=1S/C18H29NO/c1-13-10-11-14(16(12-13)19-4)18(2,3)15-8-6-7-9-17(15)20-5/h6-9,13-14,16,19H,10-12H2,1-5H3. The summed E-state index contributed by atoms with van der Waals surface area (Å²) < 4.78 is 5.59. The van der Waals surface area contributed by atoms with Crippen molar-refractivity contribution in [2.45, 2.75) is 51.5 Å². The van der Waals surface area contributed by atoms with E-state index in [1.165, 1.54) is 24.8 Å². The largest absolute Gasteiger partial charge is 0.496 e. The predicted octanol–water partition coefficient (Wildman–Crippen LogP) is 4.00. The predicted molar refractivity (Wildman–Crippen MR) is 85.4 cm³/mol. The van der Waals surface area contributed by atoms with Crippen LogP contribution in [0.4, 0.5) is 0 Å². The van der Waals surface area contributed by atoms with E-state index in [1.807, 2.05) is 0 Å². The second kappa shape index (κ2) is 6.17. The monoisotopic (exact) mass is 275 g/mol. The molecular weight excluding hydrogens is 246 g/mol. The van der Waals surface area contributed by atoms with Gasteiger partial charge in [-0.05, 0) is 43.2 Å². The summed E-state index contributed by atoms with van der Waals surface area (Å²) in [4.78, 5) is 0. The van der Waals surface area contributed by atoms with E-state index in [9.17, 15) is 0 Å². The van der Waals surface area contributed by atoms with Crippen LogP contribution in [0.2, 0.25) is 0 Å². The Balaban J connectivity index is 2.33. The minimum Gasteiger partial charge on any atom is -0.496 e. The highest BCUT2D eigenvalue weighted by molar-refractivity contribution is 5.39. The summed E-state index contributed by atoms with van der Waals surface area (Å²) in [7, 11) is 3.88. The Bertz CT molecular complexity index is 441. The lowest BCUT2D eigenvalue weighted by Crippen LogP contribution is -2.47. The fraction of sp³-hybridized carbons (Fsp3) is 0.667. The van der Waals surface area contributed by atoms with Crippen LogP contribution in [0.25, 0.3) is 0 Å². The highest BCUT2D eigenvalue weighted by Gasteiger charge is 2.40. The van der Waals surface area contributed by atoms with E-state index >= 15 is 0 Å². The van der Waals surface area contributed by atoms with Gasteiger partial charge < -0.3 is 10.1 Å². The Morgan fingerprint density at radius 3 is 2.55 bits per heavy atom. The maximum absolute atomic E-state index is 5.59. The van der Waals surface area contributed by atoms with E-state index in [-0.39, 0.29) is 5.41 Å². The third-order valence-electron chi connectivity index (χ3n) is 5.21. The molecule has 0 saturated heterocycles. The van der Waals surface area contributed by atoms with Gasteiger partial charge in [0, 0.05) is 11.6 Å². The summed E-state index contributed by atoms with van der Waals surface area (Å²) >= 11 is 0. The number of benzene rings is 1. The topological polar surface area (TPSA) is 21.3 Å². The van der Waals surface area contributed by atoms with Crippen molar-refractivity contribution < 1.29 is 4.74 Å². The van der Waals surface area contributed by atoms with Gasteiger partial charge in [-0.15, -0.1) is 0 Å². The lowest BCUT2D eigenvalue weighted by Gasteiger charge is -2.45. The van der Waals surface area contributed by atoms with Crippen molar-refractivity contribution in [2.24, 2.45) is 11.8 Å². The molecule has 0 heterocycles. The average molecular weight is 275 g/mol. The average Bonchev–Trinajstić information content (AvgIpc) is 2.46. The van der Waals surface area contributed by atoms with Crippen molar-refractivity contribution in [3.63, 3.8) is 0 Å². The summed E-state index contributed by atoms with van der Waals surface area (Å²) in [6.45, 7) is 7.11. The molecule has 112 valence electrons. The van der Waals surface area contributed by atoms with Gasteiger partial charge in [-0.25, -0.2) is 0 Å². The van der Waals surface area contributed by atoms with Crippen LogP contribution in [0.5, 0.6) is 5.75 Å². The molecular formula is C18H29NO. The maximum atomic E-state index is 5.59.